The molecule has 0 fully saturated rings. The SMILES string of the molecule is Cc1ccc(C(=O)N/N=C\c2ccccc2O)cn1. The zero-order valence-electron chi connectivity index (χ0n) is 10.4. The lowest BCUT2D eigenvalue weighted by Crippen LogP contribution is -2.17. The minimum absolute atomic E-state index is 0.109. The number of benzene rings is 1. The molecular formula is C14H13N3O2. The monoisotopic (exact) mass is 255 g/mol. The molecule has 96 valence electrons. The van der Waals surface area contributed by atoms with E-state index < -0.39 is 0 Å². The third-order valence-corrected chi connectivity index (χ3v) is 2.48. The molecule has 0 aliphatic heterocycles. The van der Waals surface area contributed by atoms with Gasteiger partial charge in [0.25, 0.3) is 5.91 Å². The number of para-hydroxylation sites is 1. The van der Waals surface area contributed by atoms with E-state index in [1.807, 2.05) is 6.92 Å². The van der Waals surface area contributed by atoms with E-state index in [4.69, 9.17) is 0 Å². The zero-order chi connectivity index (χ0) is 13.7. The first-order valence-corrected chi connectivity index (χ1v) is 5.71. The molecule has 2 aromatic rings. The number of rotatable bonds is 3. The fraction of sp³-hybridized carbons (Fsp3) is 0.0714. The van der Waals surface area contributed by atoms with Crippen molar-refractivity contribution in [3.8, 4) is 5.75 Å². The van der Waals surface area contributed by atoms with Crippen molar-refractivity contribution in [1.82, 2.24) is 10.4 Å². The van der Waals surface area contributed by atoms with Crippen LogP contribution >= 0.6 is 0 Å². The molecule has 2 rings (SSSR count). The number of hydrogen-bond acceptors (Lipinski definition) is 4. The van der Waals surface area contributed by atoms with E-state index in [1.165, 1.54) is 12.4 Å². The molecule has 0 saturated carbocycles. The van der Waals surface area contributed by atoms with Gasteiger partial charge in [-0.2, -0.15) is 5.10 Å². The molecule has 1 aromatic carbocycles. The Morgan fingerprint density at radius 1 is 1.32 bits per heavy atom. The number of amides is 1. The Morgan fingerprint density at radius 3 is 2.79 bits per heavy atom. The molecular weight excluding hydrogens is 242 g/mol. The summed E-state index contributed by atoms with van der Waals surface area (Å²) in [4.78, 5) is 15.7. The Bertz CT molecular complexity index is 606. The summed E-state index contributed by atoms with van der Waals surface area (Å²) >= 11 is 0. The Labute approximate surface area is 110 Å². The van der Waals surface area contributed by atoms with Crippen LogP contribution in [0.1, 0.15) is 21.6 Å². The van der Waals surface area contributed by atoms with Crippen LogP contribution < -0.4 is 5.43 Å². The fourth-order valence-electron chi connectivity index (χ4n) is 1.42. The molecule has 0 atom stereocenters. The van der Waals surface area contributed by atoms with Crippen LogP contribution in [0.3, 0.4) is 0 Å². The molecule has 2 N–H and O–H groups in total. The molecule has 0 radical (unpaired) electrons. The van der Waals surface area contributed by atoms with Gasteiger partial charge >= 0.3 is 0 Å². The van der Waals surface area contributed by atoms with Gasteiger partial charge < -0.3 is 5.11 Å². The molecule has 0 saturated heterocycles. The number of pyridine rings is 1. The number of aromatic nitrogens is 1. The van der Waals surface area contributed by atoms with Gasteiger partial charge in [0.1, 0.15) is 5.75 Å². The highest BCUT2D eigenvalue weighted by Crippen LogP contribution is 2.12. The Kier molecular flexibility index (Phi) is 3.87. The Balaban J connectivity index is 2.01. The van der Waals surface area contributed by atoms with Gasteiger partial charge in [0.15, 0.2) is 0 Å². The molecule has 19 heavy (non-hydrogen) atoms. The summed E-state index contributed by atoms with van der Waals surface area (Å²) in [5.41, 5.74) is 4.18. The maximum absolute atomic E-state index is 11.7. The third-order valence-electron chi connectivity index (χ3n) is 2.48. The number of phenolic OH excluding ortho intramolecular Hbond substituents is 1. The van der Waals surface area contributed by atoms with Crippen LogP contribution in [0.2, 0.25) is 0 Å². The molecule has 1 amide bonds. The number of phenols is 1. The fourth-order valence-corrected chi connectivity index (χ4v) is 1.42. The second kappa shape index (κ2) is 5.77. The molecule has 0 aliphatic carbocycles. The maximum atomic E-state index is 11.7. The van der Waals surface area contributed by atoms with Crippen molar-refractivity contribution in [3.63, 3.8) is 0 Å². The third kappa shape index (κ3) is 3.38. The maximum Gasteiger partial charge on any atom is 0.272 e. The highest BCUT2D eigenvalue weighted by molar-refractivity contribution is 5.94. The van der Waals surface area contributed by atoms with Crippen LogP contribution in [0.5, 0.6) is 5.75 Å². The van der Waals surface area contributed by atoms with Gasteiger partial charge in [0.2, 0.25) is 0 Å². The summed E-state index contributed by atoms with van der Waals surface area (Å²) < 4.78 is 0. The van der Waals surface area contributed by atoms with Gasteiger partial charge in [-0.25, -0.2) is 5.43 Å². The molecule has 0 unspecified atom stereocenters. The summed E-state index contributed by atoms with van der Waals surface area (Å²) in [6, 6.07) is 10.1. The molecule has 5 heteroatoms. The van der Waals surface area contributed by atoms with Gasteiger partial charge in [-0.1, -0.05) is 12.1 Å². The standard InChI is InChI=1S/C14H13N3O2/c1-10-6-7-12(8-15-10)14(19)17-16-9-11-4-2-3-5-13(11)18/h2-9,18H,1H3,(H,17,19)/b16-9-. The van der Waals surface area contributed by atoms with Crippen molar-refractivity contribution >= 4 is 12.1 Å². The van der Waals surface area contributed by atoms with Gasteiger partial charge in [-0.15, -0.1) is 0 Å². The Hall–Kier alpha value is -2.69. The largest absolute Gasteiger partial charge is 0.507 e. The summed E-state index contributed by atoms with van der Waals surface area (Å²) in [5, 5.41) is 13.3. The number of nitrogens with one attached hydrogen (secondary N) is 1. The lowest BCUT2D eigenvalue weighted by Gasteiger charge is -2.00. The van der Waals surface area contributed by atoms with Crippen molar-refractivity contribution in [1.29, 1.82) is 0 Å². The second-order valence-corrected chi connectivity index (χ2v) is 3.95. The number of hydrogen-bond donors (Lipinski definition) is 2. The van der Waals surface area contributed by atoms with Gasteiger partial charge in [-0.05, 0) is 31.2 Å². The molecule has 0 spiro atoms. The lowest BCUT2D eigenvalue weighted by atomic mass is 10.2. The van der Waals surface area contributed by atoms with Crippen LogP contribution in [0.4, 0.5) is 0 Å². The highest BCUT2D eigenvalue weighted by atomic mass is 16.3. The molecule has 1 aromatic heterocycles. The normalized spacial score (nSPS) is 10.6. The Morgan fingerprint density at radius 2 is 2.11 bits per heavy atom. The predicted molar refractivity (Wildman–Crippen MR) is 72.1 cm³/mol. The lowest BCUT2D eigenvalue weighted by molar-refractivity contribution is 0.0954. The number of hydrazone groups is 1. The van der Waals surface area contributed by atoms with Crippen molar-refractivity contribution in [2.24, 2.45) is 5.10 Å². The summed E-state index contributed by atoms with van der Waals surface area (Å²) in [6.45, 7) is 1.85. The molecule has 1 heterocycles. The first-order valence-electron chi connectivity index (χ1n) is 5.71. The number of aryl methyl sites for hydroxylation is 1. The van der Waals surface area contributed by atoms with Crippen LogP contribution in [-0.4, -0.2) is 22.2 Å². The highest BCUT2D eigenvalue weighted by Gasteiger charge is 2.03. The summed E-state index contributed by atoms with van der Waals surface area (Å²) in [6.07, 6.45) is 2.87. The molecule has 0 bridgehead atoms. The van der Waals surface area contributed by atoms with Crippen LogP contribution in [0, 0.1) is 6.92 Å². The number of aromatic hydroxyl groups is 1. The summed E-state index contributed by atoms with van der Waals surface area (Å²) in [7, 11) is 0. The number of nitrogens with zero attached hydrogens (tertiary/aromatic N) is 2. The van der Waals surface area contributed by atoms with Crippen LogP contribution in [0.15, 0.2) is 47.7 Å². The second-order valence-electron chi connectivity index (χ2n) is 3.95. The van der Waals surface area contributed by atoms with Crippen molar-refractivity contribution in [2.45, 2.75) is 6.92 Å². The average Bonchev–Trinajstić information content (AvgIpc) is 2.41. The van der Waals surface area contributed by atoms with E-state index in [1.54, 1.807) is 36.4 Å². The van der Waals surface area contributed by atoms with E-state index >= 15 is 0 Å². The number of carbonyl (C=O) groups is 1. The van der Waals surface area contributed by atoms with E-state index in [9.17, 15) is 9.90 Å². The van der Waals surface area contributed by atoms with Crippen molar-refractivity contribution in [2.75, 3.05) is 0 Å². The van der Waals surface area contributed by atoms with Gasteiger partial charge in [0, 0.05) is 17.5 Å². The van der Waals surface area contributed by atoms with E-state index in [0.29, 0.717) is 11.1 Å². The van der Waals surface area contributed by atoms with Crippen molar-refractivity contribution in [3.05, 3.63) is 59.4 Å². The zero-order valence-corrected chi connectivity index (χ0v) is 10.4. The minimum Gasteiger partial charge on any atom is -0.507 e. The topological polar surface area (TPSA) is 74.6 Å². The van der Waals surface area contributed by atoms with Gasteiger partial charge in [0.05, 0.1) is 11.8 Å². The first-order chi connectivity index (χ1) is 9.16. The van der Waals surface area contributed by atoms with Crippen LogP contribution in [0.25, 0.3) is 0 Å². The van der Waals surface area contributed by atoms with E-state index in [2.05, 4.69) is 15.5 Å². The van der Waals surface area contributed by atoms with Gasteiger partial charge in [-0.3, -0.25) is 9.78 Å². The molecule has 0 aliphatic rings. The average molecular weight is 255 g/mol. The predicted octanol–water partition coefficient (Wildman–Crippen LogP) is 1.86. The number of carbonyl (C=O) groups excluding carboxylic acids is 1. The quantitative estimate of drug-likeness (QED) is 0.649. The minimum atomic E-state index is -0.348. The smallest absolute Gasteiger partial charge is 0.272 e. The first kappa shape index (κ1) is 12.8. The van der Waals surface area contributed by atoms with Crippen molar-refractivity contribution < 1.29 is 9.90 Å². The molecule has 5 nitrogen and oxygen atoms in total. The van der Waals surface area contributed by atoms with Crippen LogP contribution in [-0.2, 0) is 0 Å². The van der Waals surface area contributed by atoms with E-state index in [-0.39, 0.29) is 11.7 Å². The summed E-state index contributed by atoms with van der Waals surface area (Å²) in [5.74, 6) is -0.239. The van der Waals surface area contributed by atoms with E-state index in [0.717, 1.165) is 5.69 Å².